The minimum absolute atomic E-state index is 0.457. The molecule has 0 aromatic carbocycles. The molecule has 0 aliphatic heterocycles. The van der Waals surface area contributed by atoms with Crippen molar-refractivity contribution in [1.82, 2.24) is 0 Å². The van der Waals surface area contributed by atoms with E-state index in [1.807, 2.05) is 25.2 Å². The van der Waals surface area contributed by atoms with E-state index < -0.39 is 10.8 Å². The zero-order chi connectivity index (χ0) is 9.68. The van der Waals surface area contributed by atoms with Crippen LogP contribution in [-0.4, -0.2) is 15.7 Å². The molecule has 0 spiro atoms. The summed E-state index contributed by atoms with van der Waals surface area (Å²) in [6, 6.07) is 0. The number of hydrogen-bond acceptors (Lipinski definition) is 1. The van der Waals surface area contributed by atoms with E-state index in [-0.39, 0.29) is 0 Å². The van der Waals surface area contributed by atoms with Gasteiger partial charge in [0, 0.05) is 22.3 Å². The summed E-state index contributed by atoms with van der Waals surface area (Å²) < 4.78 is 11.3. The molecule has 0 saturated heterocycles. The van der Waals surface area contributed by atoms with Crippen molar-refractivity contribution in [3.63, 3.8) is 0 Å². The van der Waals surface area contributed by atoms with Gasteiger partial charge in [-0.25, -0.2) is 0 Å². The predicted molar refractivity (Wildman–Crippen MR) is 59.1 cm³/mol. The summed E-state index contributed by atoms with van der Waals surface area (Å²) >= 11 is 0. The highest BCUT2D eigenvalue weighted by Gasteiger charge is 2.02. The Labute approximate surface area is 82.7 Å². The second-order valence-electron chi connectivity index (χ2n) is 3.22. The van der Waals surface area contributed by atoms with Crippen LogP contribution in [0, 0.1) is 5.92 Å². The Bertz CT molecular complexity index is 274. The van der Waals surface area contributed by atoms with Crippen molar-refractivity contribution in [3.05, 3.63) is 36.0 Å². The van der Waals surface area contributed by atoms with Gasteiger partial charge in [-0.1, -0.05) is 44.2 Å². The van der Waals surface area contributed by atoms with Gasteiger partial charge in [0.15, 0.2) is 0 Å². The average molecular weight is 196 g/mol. The van der Waals surface area contributed by atoms with Crippen molar-refractivity contribution in [2.45, 2.75) is 13.8 Å². The van der Waals surface area contributed by atoms with Crippen LogP contribution in [0.3, 0.4) is 0 Å². The normalized spacial score (nSPS) is 23.8. The van der Waals surface area contributed by atoms with Crippen LogP contribution in [0.25, 0.3) is 0 Å². The summed E-state index contributed by atoms with van der Waals surface area (Å²) in [5.41, 5.74) is 1.19. The third kappa shape index (κ3) is 3.73. The van der Waals surface area contributed by atoms with E-state index in [1.165, 1.54) is 5.57 Å². The third-order valence-corrected chi connectivity index (χ3v) is 3.26. The molecule has 1 aliphatic rings. The maximum absolute atomic E-state index is 11.3. The van der Waals surface area contributed by atoms with Crippen LogP contribution in [0.5, 0.6) is 0 Å². The van der Waals surface area contributed by atoms with E-state index in [0.29, 0.717) is 11.7 Å². The molecule has 0 aromatic heterocycles. The van der Waals surface area contributed by atoms with E-state index in [4.69, 9.17) is 0 Å². The molecule has 0 radical (unpaired) electrons. The van der Waals surface area contributed by atoms with Crippen LogP contribution < -0.4 is 0 Å². The summed E-state index contributed by atoms with van der Waals surface area (Å²) in [5.74, 6) is 1.89. The van der Waals surface area contributed by atoms with Crippen LogP contribution in [0.15, 0.2) is 36.0 Å². The smallest absolute Gasteiger partial charge is 0.0482 e. The Morgan fingerprint density at radius 2 is 2.23 bits per heavy atom. The SMILES string of the molecule is CCS(=O)CC1=CC(C)C=CC=C1. The van der Waals surface area contributed by atoms with E-state index in [0.717, 1.165) is 5.75 Å². The first-order chi connectivity index (χ1) is 6.22. The van der Waals surface area contributed by atoms with E-state index >= 15 is 0 Å². The van der Waals surface area contributed by atoms with Gasteiger partial charge in [0.05, 0.1) is 0 Å². The van der Waals surface area contributed by atoms with Crippen molar-refractivity contribution >= 4 is 10.8 Å². The Balaban J connectivity index is 2.64. The molecule has 0 aromatic rings. The van der Waals surface area contributed by atoms with Gasteiger partial charge in [0.2, 0.25) is 0 Å². The minimum atomic E-state index is -0.695. The summed E-state index contributed by atoms with van der Waals surface area (Å²) in [4.78, 5) is 0. The fraction of sp³-hybridized carbons (Fsp3) is 0.455. The molecule has 0 bridgehead atoms. The minimum Gasteiger partial charge on any atom is -0.259 e. The van der Waals surface area contributed by atoms with Gasteiger partial charge in [-0.05, 0) is 11.5 Å². The van der Waals surface area contributed by atoms with Crippen molar-refractivity contribution in [2.24, 2.45) is 5.92 Å². The molecule has 2 unspecified atom stereocenters. The fourth-order valence-electron chi connectivity index (χ4n) is 1.25. The lowest BCUT2D eigenvalue weighted by Gasteiger charge is -2.02. The molecule has 72 valence electrons. The maximum Gasteiger partial charge on any atom is 0.0482 e. The average Bonchev–Trinajstić information content (AvgIpc) is 2.30. The lowest BCUT2D eigenvalue weighted by molar-refractivity contribution is 0.685. The van der Waals surface area contributed by atoms with E-state index in [2.05, 4.69) is 19.1 Å². The Hall–Kier alpha value is -0.630. The second-order valence-corrected chi connectivity index (χ2v) is 4.96. The zero-order valence-corrected chi connectivity index (χ0v) is 9.01. The molecule has 1 nitrogen and oxygen atoms in total. The predicted octanol–water partition coefficient (Wildman–Crippen LogP) is 2.44. The van der Waals surface area contributed by atoms with Gasteiger partial charge in [-0.2, -0.15) is 0 Å². The molecule has 1 aliphatic carbocycles. The summed E-state index contributed by atoms with van der Waals surface area (Å²) in [5, 5.41) is 0. The second kappa shape index (κ2) is 5.18. The molecule has 2 atom stereocenters. The van der Waals surface area contributed by atoms with Crippen LogP contribution in [0.4, 0.5) is 0 Å². The van der Waals surface area contributed by atoms with Crippen molar-refractivity contribution < 1.29 is 4.21 Å². The van der Waals surface area contributed by atoms with Crippen molar-refractivity contribution in [3.8, 4) is 0 Å². The summed E-state index contributed by atoms with van der Waals surface area (Å²) in [6.07, 6.45) is 10.4. The van der Waals surface area contributed by atoms with Crippen LogP contribution >= 0.6 is 0 Å². The van der Waals surface area contributed by atoms with Crippen LogP contribution in [0.2, 0.25) is 0 Å². The molecule has 0 fully saturated rings. The highest BCUT2D eigenvalue weighted by atomic mass is 32.2. The lowest BCUT2D eigenvalue weighted by Crippen LogP contribution is -2.02. The molecular weight excluding hydrogens is 180 g/mol. The largest absolute Gasteiger partial charge is 0.259 e. The van der Waals surface area contributed by atoms with Gasteiger partial charge >= 0.3 is 0 Å². The Morgan fingerprint density at radius 1 is 1.46 bits per heavy atom. The molecule has 0 saturated carbocycles. The van der Waals surface area contributed by atoms with Gasteiger partial charge in [-0.3, -0.25) is 4.21 Å². The molecule has 13 heavy (non-hydrogen) atoms. The maximum atomic E-state index is 11.3. The molecule has 2 heteroatoms. The Morgan fingerprint density at radius 3 is 2.92 bits per heavy atom. The fourth-order valence-corrected chi connectivity index (χ4v) is 2.02. The quantitative estimate of drug-likeness (QED) is 0.677. The summed E-state index contributed by atoms with van der Waals surface area (Å²) in [7, 11) is -0.695. The molecule has 0 amide bonds. The standard InChI is InChI=1S/C11H16OS/c1-3-13(12)9-11-7-5-4-6-10(2)8-11/h4-8,10H,3,9H2,1-2H3. The van der Waals surface area contributed by atoms with Crippen LogP contribution in [0.1, 0.15) is 13.8 Å². The molecule has 1 rings (SSSR count). The first-order valence-corrected chi connectivity index (χ1v) is 6.11. The Kier molecular flexibility index (Phi) is 4.16. The number of hydrogen-bond donors (Lipinski definition) is 0. The van der Waals surface area contributed by atoms with Crippen LogP contribution in [-0.2, 0) is 10.8 Å². The van der Waals surface area contributed by atoms with Gasteiger partial charge in [-0.15, -0.1) is 0 Å². The van der Waals surface area contributed by atoms with Gasteiger partial charge in [0.25, 0.3) is 0 Å². The summed E-state index contributed by atoms with van der Waals surface area (Å²) in [6.45, 7) is 4.09. The zero-order valence-electron chi connectivity index (χ0n) is 8.19. The molecule has 0 N–H and O–H groups in total. The third-order valence-electron chi connectivity index (χ3n) is 1.96. The van der Waals surface area contributed by atoms with E-state index in [9.17, 15) is 4.21 Å². The van der Waals surface area contributed by atoms with Gasteiger partial charge < -0.3 is 0 Å². The molecular formula is C11H16OS. The highest BCUT2D eigenvalue weighted by molar-refractivity contribution is 7.85. The number of allylic oxidation sites excluding steroid dienone is 5. The van der Waals surface area contributed by atoms with Gasteiger partial charge in [0.1, 0.15) is 0 Å². The van der Waals surface area contributed by atoms with Crippen molar-refractivity contribution in [2.75, 3.05) is 11.5 Å². The first-order valence-electron chi connectivity index (χ1n) is 4.63. The highest BCUT2D eigenvalue weighted by Crippen LogP contribution is 2.11. The number of rotatable bonds is 3. The topological polar surface area (TPSA) is 17.1 Å². The first kappa shape index (κ1) is 10.5. The van der Waals surface area contributed by atoms with Crippen molar-refractivity contribution in [1.29, 1.82) is 0 Å². The lowest BCUT2D eigenvalue weighted by atomic mass is 10.1. The monoisotopic (exact) mass is 196 g/mol. The molecule has 0 heterocycles. The van der Waals surface area contributed by atoms with E-state index in [1.54, 1.807) is 0 Å².